The number of rotatable bonds is 5. The average molecular weight is 343 g/mol. The van der Waals surface area contributed by atoms with Gasteiger partial charge in [-0.15, -0.1) is 5.10 Å². The smallest absolute Gasteiger partial charge is 0.248 e. The summed E-state index contributed by atoms with van der Waals surface area (Å²) in [6.45, 7) is 0. The van der Waals surface area contributed by atoms with Crippen LogP contribution in [-0.4, -0.2) is 20.5 Å². The standard InChI is InChI=1S/C20H17N5O/c21-19(26)15-11-9-14(10-12-15)13-17-7-4-8-18-23-20(24-25(17)18)22-16-5-2-1-3-6-16/h1-12H,13H2,(H2,21,26)(H,22,24). The molecule has 2 aromatic carbocycles. The van der Waals surface area contributed by atoms with Crippen LogP contribution in [-0.2, 0) is 6.42 Å². The quantitative estimate of drug-likeness (QED) is 0.583. The summed E-state index contributed by atoms with van der Waals surface area (Å²) >= 11 is 0. The van der Waals surface area contributed by atoms with Crippen LogP contribution in [0.1, 0.15) is 21.6 Å². The summed E-state index contributed by atoms with van der Waals surface area (Å²) in [5.41, 5.74) is 9.57. The van der Waals surface area contributed by atoms with Crippen molar-refractivity contribution in [2.24, 2.45) is 5.73 Å². The Labute approximate surface area is 150 Å². The SMILES string of the molecule is NC(=O)c1ccc(Cc2cccc3nc(Nc4ccccc4)nn23)cc1. The summed E-state index contributed by atoms with van der Waals surface area (Å²) in [6.07, 6.45) is 0.671. The maximum absolute atomic E-state index is 11.2. The molecule has 4 aromatic rings. The van der Waals surface area contributed by atoms with Gasteiger partial charge in [0.15, 0.2) is 5.65 Å². The van der Waals surface area contributed by atoms with E-state index in [1.807, 2.05) is 65.2 Å². The molecule has 6 heteroatoms. The molecule has 0 unspecified atom stereocenters. The normalized spacial score (nSPS) is 10.8. The van der Waals surface area contributed by atoms with E-state index in [-0.39, 0.29) is 0 Å². The van der Waals surface area contributed by atoms with E-state index >= 15 is 0 Å². The molecule has 0 radical (unpaired) electrons. The zero-order valence-corrected chi connectivity index (χ0v) is 14.0. The molecule has 0 saturated carbocycles. The Bertz CT molecular complexity index is 1050. The fourth-order valence-electron chi connectivity index (χ4n) is 2.79. The van der Waals surface area contributed by atoms with Gasteiger partial charge in [0.2, 0.25) is 11.9 Å². The predicted molar refractivity (Wildman–Crippen MR) is 100 cm³/mol. The number of hydrogen-bond donors (Lipinski definition) is 2. The van der Waals surface area contributed by atoms with Crippen LogP contribution in [0.2, 0.25) is 0 Å². The Hall–Kier alpha value is -3.67. The van der Waals surface area contributed by atoms with Crippen LogP contribution in [0.15, 0.2) is 72.8 Å². The topological polar surface area (TPSA) is 85.3 Å². The van der Waals surface area contributed by atoms with Gasteiger partial charge in [-0.3, -0.25) is 4.79 Å². The molecule has 6 nitrogen and oxygen atoms in total. The molecular weight excluding hydrogens is 326 g/mol. The van der Waals surface area contributed by atoms with Crippen LogP contribution in [0.3, 0.4) is 0 Å². The highest BCUT2D eigenvalue weighted by Gasteiger charge is 2.08. The summed E-state index contributed by atoms with van der Waals surface area (Å²) < 4.78 is 1.83. The molecular formula is C20H17N5O. The summed E-state index contributed by atoms with van der Waals surface area (Å²) in [5.74, 6) is 0.124. The molecule has 0 spiro atoms. The van der Waals surface area contributed by atoms with Gasteiger partial charge in [-0.2, -0.15) is 4.98 Å². The molecule has 0 aliphatic rings. The fourth-order valence-corrected chi connectivity index (χ4v) is 2.79. The van der Waals surface area contributed by atoms with E-state index in [9.17, 15) is 4.79 Å². The Balaban J connectivity index is 1.62. The van der Waals surface area contributed by atoms with Gasteiger partial charge in [-0.25, -0.2) is 4.52 Å². The van der Waals surface area contributed by atoms with E-state index in [0.29, 0.717) is 17.9 Å². The highest BCUT2D eigenvalue weighted by Crippen LogP contribution is 2.16. The van der Waals surface area contributed by atoms with E-state index in [0.717, 1.165) is 22.6 Å². The summed E-state index contributed by atoms with van der Waals surface area (Å²) in [7, 11) is 0. The lowest BCUT2D eigenvalue weighted by molar-refractivity contribution is 0.100. The molecule has 0 fully saturated rings. The van der Waals surface area contributed by atoms with Gasteiger partial charge in [0.25, 0.3) is 0 Å². The van der Waals surface area contributed by atoms with Gasteiger partial charge in [-0.1, -0.05) is 36.4 Å². The number of primary amides is 1. The van der Waals surface area contributed by atoms with Gasteiger partial charge >= 0.3 is 0 Å². The average Bonchev–Trinajstić information content (AvgIpc) is 3.06. The Kier molecular flexibility index (Phi) is 4.07. The van der Waals surface area contributed by atoms with Crippen LogP contribution in [0.5, 0.6) is 0 Å². The van der Waals surface area contributed by atoms with Crippen LogP contribution in [0.4, 0.5) is 11.6 Å². The minimum Gasteiger partial charge on any atom is -0.366 e. The van der Waals surface area contributed by atoms with Crippen molar-refractivity contribution in [3.05, 3.63) is 89.6 Å². The predicted octanol–water partition coefficient (Wildman–Crippen LogP) is 3.16. The molecule has 0 aliphatic carbocycles. The lowest BCUT2D eigenvalue weighted by Crippen LogP contribution is -2.10. The fraction of sp³-hybridized carbons (Fsp3) is 0.0500. The van der Waals surface area contributed by atoms with E-state index in [1.165, 1.54) is 0 Å². The highest BCUT2D eigenvalue weighted by molar-refractivity contribution is 5.92. The Morgan fingerprint density at radius 1 is 0.962 bits per heavy atom. The summed E-state index contributed by atoms with van der Waals surface area (Å²) in [5, 5.41) is 7.78. The zero-order chi connectivity index (χ0) is 17.9. The van der Waals surface area contributed by atoms with Crippen molar-refractivity contribution in [1.82, 2.24) is 14.6 Å². The number of nitrogens with one attached hydrogen (secondary N) is 1. The number of amides is 1. The molecule has 2 aromatic heterocycles. The Morgan fingerprint density at radius 3 is 2.46 bits per heavy atom. The number of fused-ring (bicyclic) bond motifs is 1. The Morgan fingerprint density at radius 2 is 1.73 bits per heavy atom. The summed E-state index contributed by atoms with van der Waals surface area (Å²) in [6, 6.07) is 23.0. The zero-order valence-electron chi connectivity index (χ0n) is 14.0. The van der Waals surface area contributed by atoms with Crippen molar-refractivity contribution >= 4 is 23.2 Å². The van der Waals surface area contributed by atoms with E-state index < -0.39 is 5.91 Å². The van der Waals surface area contributed by atoms with Crippen LogP contribution in [0.25, 0.3) is 5.65 Å². The van der Waals surface area contributed by atoms with E-state index in [1.54, 1.807) is 12.1 Å². The van der Waals surface area contributed by atoms with Crippen molar-refractivity contribution < 1.29 is 4.79 Å². The number of aromatic nitrogens is 3. The molecule has 0 saturated heterocycles. The number of benzene rings is 2. The lowest BCUT2D eigenvalue weighted by Gasteiger charge is -2.05. The number of nitrogens with two attached hydrogens (primary N) is 1. The molecule has 26 heavy (non-hydrogen) atoms. The minimum absolute atomic E-state index is 0.424. The third-order valence-electron chi connectivity index (χ3n) is 4.09. The van der Waals surface area contributed by atoms with Crippen LogP contribution in [0, 0.1) is 0 Å². The van der Waals surface area contributed by atoms with Gasteiger partial charge < -0.3 is 11.1 Å². The lowest BCUT2D eigenvalue weighted by atomic mass is 10.1. The number of hydrogen-bond acceptors (Lipinski definition) is 4. The van der Waals surface area contributed by atoms with Crippen molar-refractivity contribution in [2.45, 2.75) is 6.42 Å². The number of carbonyl (C=O) groups excluding carboxylic acids is 1. The first-order valence-corrected chi connectivity index (χ1v) is 8.24. The van der Waals surface area contributed by atoms with Gasteiger partial charge in [0, 0.05) is 23.4 Å². The minimum atomic E-state index is -0.424. The third-order valence-corrected chi connectivity index (χ3v) is 4.09. The summed E-state index contributed by atoms with van der Waals surface area (Å²) in [4.78, 5) is 15.7. The van der Waals surface area contributed by atoms with E-state index in [2.05, 4.69) is 15.4 Å². The number of para-hydroxylation sites is 1. The number of anilines is 2. The monoisotopic (exact) mass is 343 g/mol. The van der Waals surface area contributed by atoms with Gasteiger partial charge in [-0.05, 0) is 42.0 Å². The number of pyridine rings is 1. The molecule has 0 bridgehead atoms. The van der Waals surface area contributed by atoms with Crippen LogP contribution < -0.4 is 11.1 Å². The number of nitrogens with zero attached hydrogens (tertiary/aromatic N) is 3. The molecule has 0 aliphatic heterocycles. The molecule has 2 heterocycles. The van der Waals surface area contributed by atoms with Crippen molar-refractivity contribution in [3.63, 3.8) is 0 Å². The van der Waals surface area contributed by atoms with E-state index in [4.69, 9.17) is 5.73 Å². The molecule has 4 rings (SSSR count). The second-order valence-electron chi connectivity index (χ2n) is 5.95. The maximum Gasteiger partial charge on any atom is 0.248 e. The molecule has 1 amide bonds. The maximum atomic E-state index is 11.2. The first kappa shape index (κ1) is 15.8. The number of carbonyl (C=O) groups is 1. The molecule has 128 valence electrons. The molecule has 0 atom stereocenters. The van der Waals surface area contributed by atoms with Gasteiger partial charge in [0.1, 0.15) is 0 Å². The van der Waals surface area contributed by atoms with Crippen molar-refractivity contribution in [2.75, 3.05) is 5.32 Å². The second-order valence-corrected chi connectivity index (χ2v) is 5.95. The van der Waals surface area contributed by atoms with Crippen molar-refractivity contribution in [1.29, 1.82) is 0 Å². The van der Waals surface area contributed by atoms with Gasteiger partial charge in [0.05, 0.1) is 0 Å². The molecule has 3 N–H and O–H groups in total. The first-order valence-electron chi connectivity index (χ1n) is 8.24. The highest BCUT2D eigenvalue weighted by atomic mass is 16.1. The van der Waals surface area contributed by atoms with Crippen molar-refractivity contribution in [3.8, 4) is 0 Å². The third kappa shape index (κ3) is 3.25. The first-order chi connectivity index (χ1) is 12.7. The second kappa shape index (κ2) is 6.68. The van der Waals surface area contributed by atoms with Crippen LogP contribution >= 0.6 is 0 Å². The largest absolute Gasteiger partial charge is 0.366 e.